The number of carbonyl (C=O) groups excluding carboxylic acids is 1. The number of ether oxygens (including phenoxy) is 3. The fraction of sp³-hybridized carbons (Fsp3) is 0.174. The first-order chi connectivity index (χ1) is 14.9. The summed E-state index contributed by atoms with van der Waals surface area (Å²) in [5, 5.41) is 2.79. The zero-order valence-electron chi connectivity index (χ0n) is 16.2. The zero-order valence-corrected chi connectivity index (χ0v) is 16.2. The van der Waals surface area contributed by atoms with Crippen LogP contribution in [0.3, 0.4) is 0 Å². The van der Waals surface area contributed by atoms with Gasteiger partial charge in [-0.2, -0.15) is 13.2 Å². The van der Waals surface area contributed by atoms with Gasteiger partial charge < -0.3 is 19.5 Å². The lowest BCUT2D eigenvalue weighted by Crippen LogP contribution is -2.16. The fourth-order valence-electron chi connectivity index (χ4n) is 3.01. The molecule has 0 aliphatic carbocycles. The van der Waals surface area contributed by atoms with E-state index in [0.717, 1.165) is 12.1 Å². The Balaban J connectivity index is 1.36. The average Bonchev–Trinajstić information content (AvgIpc) is 2.77. The first-order valence-electron chi connectivity index (χ1n) is 9.48. The highest BCUT2D eigenvalue weighted by molar-refractivity contribution is 6.04. The van der Waals surface area contributed by atoms with E-state index in [0.29, 0.717) is 41.5 Å². The lowest BCUT2D eigenvalue weighted by Gasteiger charge is -2.19. The predicted molar refractivity (Wildman–Crippen MR) is 108 cm³/mol. The summed E-state index contributed by atoms with van der Waals surface area (Å²) in [7, 11) is 0. The number of hydrogen-bond donors (Lipinski definition) is 1. The molecule has 3 aromatic carbocycles. The van der Waals surface area contributed by atoms with Crippen molar-refractivity contribution in [2.24, 2.45) is 0 Å². The summed E-state index contributed by atoms with van der Waals surface area (Å²) in [6.45, 7) is 1.02. The number of benzene rings is 3. The fourth-order valence-corrected chi connectivity index (χ4v) is 3.01. The second kappa shape index (κ2) is 8.59. The highest BCUT2D eigenvalue weighted by Crippen LogP contribution is 2.33. The summed E-state index contributed by atoms with van der Waals surface area (Å²) in [6, 6.07) is 16.5. The molecular weight excluding hydrogens is 411 g/mol. The van der Waals surface area contributed by atoms with Crippen LogP contribution in [0.15, 0.2) is 66.7 Å². The molecule has 0 radical (unpaired) electrons. The van der Waals surface area contributed by atoms with Crippen LogP contribution in [0.2, 0.25) is 0 Å². The van der Waals surface area contributed by atoms with Crippen LogP contribution in [-0.2, 0) is 12.8 Å². The first kappa shape index (κ1) is 20.6. The number of fused-ring (bicyclic) bond motifs is 1. The van der Waals surface area contributed by atoms with Crippen molar-refractivity contribution in [2.75, 3.05) is 18.5 Å². The van der Waals surface area contributed by atoms with E-state index in [1.165, 1.54) is 12.1 Å². The van der Waals surface area contributed by atoms with Gasteiger partial charge in [0.05, 0.1) is 5.56 Å². The largest absolute Gasteiger partial charge is 0.489 e. The van der Waals surface area contributed by atoms with E-state index >= 15 is 0 Å². The van der Waals surface area contributed by atoms with Crippen LogP contribution in [0.4, 0.5) is 18.9 Å². The number of rotatable bonds is 5. The van der Waals surface area contributed by atoms with E-state index in [9.17, 15) is 18.0 Å². The first-order valence-corrected chi connectivity index (χ1v) is 9.48. The molecule has 0 bridgehead atoms. The number of alkyl halides is 3. The maximum atomic E-state index is 12.8. The molecule has 1 heterocycles. The Bertz CT molecular complexity index is 1080. The Morgan fingerprint density at radius 3 is 2.42 bits per heavy atom. The Labute approximate surface area is 176 Å². The minimum absolute atomic E-state index is 0.0748. The van der Waals surface area contributed by atoms with E-state index in [2.05, 4.69) is 5.32 Å². The SMILES string of the molecule is O=C(Nc1ccc2c(c1)OCCO2)c1ccc(COc2cccc(C(F)(F)F)c2)cc1. The van der Waals surface area contributed by atoms with Crippen LogP contribution >= 0.6 is 0 Å². The van der Waals surface area contributed by atoms with Crippen molar-refractivity contribution in [3.05, 3.63) is 83.4 Å². The topological polar surface area (TPSA) is 56.8 Å². The Hall–Kier alpha value is -3.68. The van der Waals surface area contributed by atoms with Gasteiger partial charge in [-0.15, -0.1) is 0 Å². The van der Waals surface area contributed by atoms with Crippen LogP contribution in [0.25, 0.3) is 0 Å². The lowest BCUT2D eigenvalue weighted by molar-refractivity contribution is -0.137. The van der Waals surface area contributed by atoms with Gasteiger partial charge in [0.2, 0.25) is 0 Å². The molecule has 1 N–H and O–H groups in total. The van der Waals surface area contributed by atoms with Crippen molar-refractivity contribution in [3.63, 3.8) is 0 Å². The third-order valence-corrected chi connectivity index (χ3v) is 4.58. The number of halogens is 3. The van der Waals surface area contributed by atoms with E-state index in [-0.39, 0.29) is 18.3 Å². The van der Waals surface area contributed by atoms with Gasteiger partial charge in [0.1, 0.15) is 25.6 Å². The molecule has 4 rings (SSSR count). The van der Waals surface area contributed by atoms with Crippen molar-refractivity contribution < 1.29 is 32.2 Å². The minimum Gasteiger partial charge on any atom is -0.489 e. The number of nitrogens with one attached hydrogen (secondary N) is 1. The molecule has 5 nitrogen and oxygen atoms in total. The van der Waals surface area contributed by atoms with E-state index in [4.69, 9.17) is 14.2 Å². The molecule has 1 aliphatic heterocycles. The number of amides is 1. The molecule has 0 unspecified atom stereocenters. The van der Waals surface area contributed by atoms with Crippen molar-refractivity contribution in [1.82, 2.24) is 0 Å². The number of carbonyl (C=O) groups is 1. The smallest absolute Gasteiger partial charge is 0.416 e. The van der Waals surface area contributed by atoms with E-state index in [1.54, 1.807) is 42.5 Å². The van der Waals surface area contributed by atoms with Gasteiger partial charge in [-0.25, -0.2) is 0 Å². The summed E-state index contributed by atoms with van der Waals surface area (Å²) < 4.78 is 54.8. The molecule has 0 aromatic heterocycles. The molecule has 0 fully saturated rings. The van der Waals surface area contributed by atoms with Gasteiger partial charge in [-0.3, -0.25) is 4.79 Å². The summed E-state index contributed by atoms with van der Waals surface area (Å²) >= 11 is 0. The van der Waals surface area contributed by atoms with Crippen LogP contribution in [0.5, 0.6) is 17.2 Å². The molecule has 0 saturated carbocycles. The highest BCUT2D eigenvalue weighted by atomic mass is 19.4. The van der Waals surface area contributed by atoms with Gasteiger partial charge in [0.15, 0.2) is 11.5 Å². The van der Waals surface area contributed by atoms with Crippen LogP contribution in [-0.4, -0.2) is 19.1 Å². The van der Waals surface area contributed by atoms with Crippen molar-refractivity contribution >= 4 is 11.6 Å². The van der Waals surface area contributed by atoms with Crippen molar-refractivity contribution in [1.29, 1.82) is 0 Å². The molecule has 1 aliphatic rings. The van der Waals surface area contributed by atoms with E-state index in [1.807, 2.05) is 0 Å². The number of anilines is 1. The molecule has 0 atom stereocenters. The summed E-state index contributed by atoms with van der Waals surface area (Å²) in [4.78, 5) is 12.5. The summed E-state index contributed by atoms with van der Waals surface area (Å²) in [5.41, 5.74) is 0.952. The van der Waals surface area contributed by atoms with Crippen molar-refractivity contribution in [3.8, 4) is 17.2 Å². The van der Waals surface area contributed by atoms with Crippen LogP contribution in [0, 0.1) is 0 Å². The second-order valence-corrected chi connectivity index (χ2v) is 6.82. The van der Waals surface area contributed by atoms with Gasteiger partial charge in [-0.1, -0.05) is 18.2 Å². The van der Waals surface area contributed by atoms with Crippen LogP contribution in [0.1, 0.15) is 21.5 Å². The van der Waals surface area contributed by atoms with Gasteiger partial charge >= 0.3 is 6.18 Å². The molecule has 31 heavy (non-hydrogen) atoms. The molecule has 0 saturated heterocycles. The lowest BCUT2D eigenvalue weighted by atomic mass is 10.1. The molecule has 3 aromatic rings. The maximum absolute atomic E-state index is 12.8. The monoisotopic (exact) mass is 429 g/mol. The van der Waals surface area contributed by atoms with Gasteiger partial charge in [0, 0.05) is 17.3 Å². The maximum Gasteiger partial charge on any atom is 0.416 e. The predicted octanol–water partition coefficient (Wildman–Crippen LogP) is 5.31. The molecule has 160 valence electrons. The average molecular weight is 429 g/mol. The summed E-state index contributed by atoms with van der Waals surface area (Å²) in [6.07, 6.45) is -4.43. The molecule has 0 spiro atoms. The third kappa shape index (κ3) is 5.09. The van der Waals surface area contributed by atoms with Gasteiger partial charge in [-0.05, 0) is 48.0 Å². The standard InChI is InChI=1S/C23H18F3NO4/c24-23(25,26)17-2-1-3-19(12-17)31-14-15-4-6-16(7-5-15)22(28)27-18-8-9-20-21(13-18)30-11-10-29-20/h1-9,12-13H,10-11,14H2,(H,27,28). The Morgan fingerprint density at radius 1 is 0.935 bits per heavy atom. The third-order valence-electron chi connectivity index (χ3n) is 4.58. The molecule has 1 amide bonds. The van der Waals surface area contributed by atoms with Crippen LogP contribution < -0.4 is 19.5 Å². The van der Waals surface area contributed by atoms with E-state index < -0.39 is 11.7 Å². The Morgan fingerprint density at radius 2 is 1.68 bits per heavy atom. The minimum atomic E-state index is -4.43. The van der Waals surface area contributed by atoms with Crippen molar-refractivity contribution in [2.45, 2.75) is 12.8 Å². The highest BCUT2D eigenvalue weighted by Gasteiger charge is 2.30. The molecule has 8 heteroatoms. The number of hydrogen-bond acceptors (Lipinski definition) is 4. The second-order valence-electron chi connectivity index (χ2n) is 6.82. The Kier molecular flexibility index (Phi) is 5.70. The quantitative estimate of drug-likeness (QED) is 0.598. The normalized spacial score (nSPS) is 12.9. The summed E-state index contributed by atoms with van der Waals surface area (Å²) in [5.74, 6) is 1.03. The zero-order chi connectivity index (χ0) is 21.8. The van der Waals surface area contributed by atoms with Gasteiger partial charge in [0.25, 0.3) is 5.91 Å². The molecular formula is C23H18F3NO4.